The first-order valence-corrected chi connectivity index (χ1v) is 7.35. The zero-order valence-electron chi connectivity index (χ0n) is 13.0. The van der Waals surface area contributed by atoms with E-state index in [1.165, 1.54) is 0 Å². The van der Waals surface area contributed by atoms with E-state index in [1.54, 1.807) is 0 Å². The van der Waals surface area contributed by atoms with E-state index in [2.05, 4.69) is 15.5 Å². The minimum atomic E-state index is 0.0724. The maximum atomic E-state index is 5.76. The standard InChI is InChI=1S/C8H23N5.C4H13N3/c1-8(11)13(6-3-10)7-5-12-4-2-9;5-1-3-7-4-2-6/h8,12H,2-7,9-11H2,1H3;7H,1-6H2. The highest BCUT2D eigenvalue weighted by Crippen LogP contribution is 1.89. The van der Waals surface area contributed by atoms with Gasteiger partial charge in [0.2, 0.25) is 0 Å². The largest absolute Gasteiger partial charge is 0.329 e. The van der Waals surface area contributed by atoms with Crippen LogP contribution in [0.2, 0.25) is 0 Å². The van der Waals surface area contributed by atoms with Gasteiger partial charge in [0.15, 0.2) is 0 Å². The maximum absolute atomic E-state index is 5.76. The molecule has 0 fully saturated rings. The second kappa shape index (κ2) is 18.7. The van der Waals surface area contributed by atoms with Crippen molar-refractivity contribution in [1.29, 1.82) is 0 Å². The number of nitrogens with two attached hydrogens (primary N) is 5. The summed E-state index contributed by atoms with van der Waals surface area (Å²) in [7, 11) is 0. The molecule has 0 spiro atoms. The molecule has 1 unspecified atom stereocenters. The first-order chi connectivity index (χ1) is 9.63. The molecule has 20 heavy (non-hydrogen) atoms. The second-order valence-electron chi connectivity index (χ2n) is 4.43. The number of hydrogen-bond donors (Lipinski definition) is 7. The Bertz CT molecular complexity index is 164. The predicted octanol–water partition coefficient (Wildman–Crippen LogP) is -3.41. The van der Waals surface area contributed by atoms with Crippen molar-refractivity contribution in [2.24, 2.45) is 28.7 Å². The van der Waals surface area contributed by atoms with Gasteiger partial charge < -0.3 is 39.3 Å². The lowest BCUT2D eigenvalue weighted by Crippen LogP contribution is -2.45. The van der Waals surface area contributed by atoms with Crippen LogP contribution in [0.5, 0.6) is 0 Å². The van der Waals surface area contributed by atoms with E-state index in [0.717, 1.165) is 39.3 Å². The molecule has 0 heterocycles. The van der Waals surface area contributed by atoms with Gasteiger partial charge in [-0.2, -0.15) is 0 Å². The number of nitrogens with one attached hydrogen (secondary N) is 2. The lowest BCUT2D eigenvalue weighted by atomic mass is 10.4. The Morgan fingerprint density at radius 3 is 1.55 bits per heavy atom. The van der Waals surface area contributed by atoms with Crippen LogP contribution in [0.25, 0.3) is 0 Å². The van der Waals surface area contributed by atoms with E-state index in [0.29, 0.717) is 26.2 Å². The first kappa shape index (κ1) is 22.0. The minimum absolute atomic E-state index is 0.0724. The molecule has 0 bridgehead atoms. The van der Waals surface area contributed by atoms with Crippen LogP contribution < -0.4 is 39.3 Å². The van der Waals surface area contributed by atoms with Crippen molar-refractivity contribution >= 4 is 0 Å². The van der Waals surface area contributed by atoms with Crippen LogP contribution in [0.15, 0.2) is 0 Å². The fourth-order valence-electron chi connectivity index (χ4n) is 1.46. The average Bonchev–Trinajstić information content (AvgIpc) is 2.43. The number of nitrogens with zero attached hydrogens (tertiary/aromatic N) is 1. The molecular formula is C12H36N8. The van der Waals surface area contributed by atoms with Crippen LogP contribution >= 0.6 is 0 Å². The zero-order valence-corrected chi connectivity index (χ0v) is 13.0. The third-order valence-electron chi connectivity index (χ3n) is 2.53. The SMILES string of the molecule is CC(N)N(CCN)CCNCCN.NCCNCCN. The number of hydrogen-bond acceptors (Lipinski definition) is 8. The Morgan fingerprint density at radius 1 is 0.750 bits per heavy atom. The monoisotopic (exact) mass is 292 g/mol. The summed E-state index contributed by atoms with van der Waals surface area (Å²) in [5, 5.41) is 6.25. The summed E-state index contributed by atoms with van der Waals surface area (Å²) in [6.07, 6.45) is 0.0724. The fraction of sp³-hybridized carbons (Fsp3) is 1.00. The molecule has 1 atom stereocenters. The van der Waals surface area contributed by atoms with E-state index in [9.17, 15) is 0 Å². The summed E-state index contributed by atoms with van der Waals surface area (Å²) in [6, 6.07) is 0. The van der Waals surface area contributed by atoms with Gasteiger partial charge in [-0.3, -0.25) is 4.90 Å². The van der Waals surface area contributed by atoms with Gasteiger partial charge in [0.05, 0.1) is 6.17 Å². The molecule has 8 heteroatoms. The van der Waals surface area contributed by atoms with Crippen LogP contribution in [0.4, 0.5) is 0 Å². The van der Waals surface area contributed by atoms with Gasteiger partial charge in [-0.25, -0.2) is 0 Å². The van der Waals surface area contributed by atoms with Gasteiger partial charge in [-0.15, -0.1) is 0 Å². The first-order valence-electron chi connectivity index (χ1n) is 7.35. The summed E-state index contributed by atoms with van der Waals surface area (Å²) < 4.78 is 0. The molecule has 0 aromatic carbocycles. The van der Waals surface area contributed by atoms with Crippen molar-refractivity contribution < 1.29 is 0 Å². The smallest absolute Gasteiger partial charge is 0.0543 e. The summed E-state index contributed by atoms with van der Waals surface area (Å²) in [5.74, 6) is 0. The quantitative estimate of drug-likeness (QED) is 0.145. The molecule has 0 amide bonds. The van der Waals surface area contributed by atoms with Crippen molar-refractivity contribution in [3.05, 3.63) is 0 Å². The molecule has 0 aliphatic heterocycles. The predicted molar refractivity (Wildman–Crippen MR) is 87.2 cm³/mol. The summed E-state index contributed by atoms with van der Waals surface area (Å²) in [5.41, 5.74) is 26.9. The Labute approximate surface area is 123 Å². The third kappa shape index (κ3) is 17.7. The fourth-order valence-corrected chi connectivity index (χ4v) is 1.46. The minimum Gasteiger partial charge on any atom is -0.329 e. The highest BCUT2D eigenvalue weighted by Gasteiger charge is 2.06. The zero-order chi connectivity index (χ0) is 15.6. The van der Waals surface area contributed by atoms with Crippen molar-refractivity contribution in [2.75, 3.05) is 65.4 Å². The van der Waals surface area contributed by atoms with E-state index < -0.39 is 0 Å². The highest BCUT2D eigenvalue weighted by molar-refractivity contribution is 4.63. The van der Waals surface area contributed by atoms with Crippen molar-refractivity contribution in [2.45, 2.75) is 13.1 Å². The van der Waals surface area contributed by atoms with Gasteiger partial charge in [-0.05, 0) is 6.92 Å². The Kier molecular flexibility index (Phi) is 20.5. The Balaban J connectivity index is 0. The molecule has 12 N–H and O–H groups in total. The number of rotatable bonds is 12. The van der Waals surface area contributed by atoms with Crippen LogP contribution in [0, 0.1) is 0 Å². The van der Waals surface area contributed by atoms with E-state index in [4.69, 9.17) is 28.7 Å². The summed E-state index contributed by atoms with van der Waals surface area (Å²) in [6.45, 7) is 9.98. The molecule has 0 saturated carbocycles. The molecular weight excluding hydrogens is 256 g/mol. The molecule has 0 aromatic heterocycles. The van der Waals surface area contributed by atoms with Crippen LogP contribution in [0.1, 0.15) is 6.92 Å². The molecule has 0 rings (SSSR count). The lowest BCUT2D eigenvalue weighted by molar-refractivity contribution is 0.219. The van der Waals surface area contributed by atoms with Crippen LogP contribution in [0.3, 0.4) is 0 Å². The second-order valence-corrected chi connectivity index (χ2v) is 4.43. The van der Waals surface area contributed by atoms with E-state index >= 15 is 0 Å². The molecule has 0 aliphatic carbocycles. The van der Waals surface area contributed by atoms with Crippen LogP contribution in [-0.2, 0) is 0 Å². The van der Waals surface area contributed by atoms with E-state index in [1.807, 2.05) is 6.92 Å². The Morgan fingerprint density at radius 2 is 1.20 bits per heavy atom. The normalized spacial score (nSPS) is 12.2. The van der Waals surface area contributed by atoms with E-state index in [-0.39, 0.29) is 6.17 Å². The Hall–Kier alpha value is -0.320. The molecule has 0 saturated heterocycles. The maximum Gasteiger partial charge on any atom is 0.0543 e. The van der Waals surface area contributed by atoms with Gasteiger partial charge in [0.25, 0.3) is 0 Å². The third-order valence-corrected chi connectivity index (χ3v) is 2.53. The van der Waals surface area contributed by atoms with Gasteiger partial charge in [-0.1, -0.05) is 0 Å². The van der Waals surface area contributed by atoms with Crippen LogP contribution in [-0.4, -0.2) is 76.5 Å². The molecule has 8 nitrogen and oxygen atoms in total. The summed E-state index contributed by atoms with van der Waals surface area (Å²) in [4.78, 5) is 2.14. The molecule has 0 radical (unpaired) electrons. The molecule has 0 aromatic rings. The van der Waals surface area contributed by atoms with Gasteiger partial charge >= 0.3 is 0 Å². The average molecular weight is 292 g/mol. The highest BCUT2D eigenvalue weighted by atomic mass is 15.2. The molecule has 0 aliphatic rings. The van der Waals surface area contributed by atoms with Gasteiger partial charge in [0, 0.05) is 65.4 Å². The van der Waals surface area contributed by atoms with Gasteiger partial charge in [0.1, 0.15) is 0 Å². The van der Waals surface area contributed by atoms with Crippen molar-refractivity contribution in [3.8, 4) is 0 Å². The lowest BCUT2D eigenvalue weighted by Gasteiger charge is -2.25. The topological polar surface area (TPSA) is 157 Å². The molecule has 124 valence electrons. The van der Waals surface area contributed by atoms with Crippen molar-refractivity contribution in [1.82, 2.24) is 15.5 Å². The van der Waals surface area contributed by atoms with Crippen molar-refractivity contribution in [3.63, 3.8) is 0 Å². The summed E-state index contributed by atoms with van der Waals surface area (Å²) >= 11 is 0.